The van der Waals surface area contributed by atoms with E-state index in [9.17, 15) is 14.7 Å². The van der Waals surface area contributed by atoms with Crippen LogP contribution in [0.2, 0.25) is 0 Å². The molecule has 1 aromatic carbocycles. The van der Waals surface area contributed by atoms with Crippen molar-refractivity contribution in [3.8, 4) is 5.75 Å². The smallest absolute Gasteiger partial charge is 0.295 e. The van der Waals surface area contributed by atoms with Crippen LogP contribution < -0.4 is 4.74 Å². The van der Waals surface area contributed by atoms with Gasteiger partial charge in [0.25, 0.3) is 11.7 Å². The van der Waals surface area contributed by atoms with Gasteiger partial charge in [-0.15, -0.1) is 0 Å². The number of rotatable bonds is 6. The number of furan rings is 1. The van der Waals surface area contributed by atoms with Crippen LogP contribution in [0.5, 0.6) is 5.75 Å². The van der Waals surface area contributed by atoms with E-state index in [0.29, 0.717) is 28.4 Å². The molecule has 0 radical (unpaired) electrons. The zero-order chi connectivity index (χ0) is 20.4. The van der Waals surface area contributed by atoms with Gasteiger partial charge in [0, 0.05) is 19.2 Å². The van der Waals surface area contributed by atoms with Crippen LogP contribution in [-0.4, -0.2) is 49.1 Å². The maximum Gasteiger partial charge on any atom is 0.295 e. The Kier molecular flexibility index (Phi) is 5.56. The minimum absolute atomic E-state index is 0.00344. The fraction of sp³-hybridized carbons (Fsp3) is 0.333. The summed E-state index contributed by atoms with van der Waals surface area (Å²) in [4.78, 5) is 26.8. The zero-order valence-electron chi connectivity index (χ0n) is 16.3. The van der Waals surface area contributed by atoms with Crippen LogP contribution in [0.4, 0.5) is 0 Å². The van der Waals surface area contributed by atoms with Crippen LogP contribution in [0.1, 0.15) is 28.7 Å². The predicted octanol–water partition coefficient (Wildman–Crippen LogP) is 2.97. The number of ketones is 1. The van der Waals surface area contributed by atoms with Crippen molar-refractivity contribution < 1.29 is 28.6 Å². The molecule has 1 saturated heterocycles. The minimum Gasteiger partial charge on any atom is -0.507 e. The van der Waals surface area contributed by atoms with Gasteiger partial charge in [-0.3, -0.25) is 9.59 Å². The van der Waals surface area contributed by atoms with Gasteiger partial charge in [-0.2, -0.15) is 0 Å². The van der Waals surface area contributed by atoms with Crippen molar-refractivity contribution in [1.82, 2.24) is 4.90 Å². The van der Waals surface area contributed by atoms with Gasteiger partial charge in [-0.05, 0) is 49.7 Å². The predicted molar refractivity (Wildman–Crippen MR) is 102 cm³/mol. The first-order chi connectivity index (χ1) is 13.4. The van der Waals surface area contributed by atoms with Gasteiger partial charge in [0.05, 0.1) is 19.3 Å². The van der Waals surface area contributed by atoms with Crippen LogP contribution in [0.15, 0.2) is 40.3 Å². The number of ether oxygens (including phenoxy) is 2. The minimum atomic E-state index is -0.814. The second-order valence-electron chi connectivity index (χ2n) is 6.61. The average molecular weight is 385 g/mol. The van der Waals surface area contributed by atoms with Gasteiger partial charge in [0.2, 0.25) is 0 Å². The first-order valence-electron chi connectivity index (χ1n) is 8.87. The topological polar surface area (TPSA) is 89.2 Å². The standard InChI is InChI=1S/C21H23NO6/c1-12-11-14(27-4)6-7-15(12)19(23)17-18(16-8-5-13(2)28-16)22(9-10-26-3)21(25)20(17)24/h5-8,11,18,23H,9-10H2,1-4H3/b19-17-. The van der Waals surface area contributed by atoms with E-state index >= 15 is 0 Å². The molecule has 1 amide bonds. The molecule has 0 saturated carbocycles. The second kappa shape index (κ2) is 7.90. The Balaban J connectivity index is 2.16. The second-order valence-corrected chi connectivity index (χ2v) is 6.61. The highest BCUT2D eigenvalue weighted by Crippen LogP contribution is 2.40. The average Bonchev–Trinajstić information content (AvgIpc) is 3.21. The normalized spacial score (nSPS) is 18.7. The SMILES string of the molecule is COCCN1C(=O)C(=O)/C(=C(\O)c2ccc(OC)cc2C)C1c1ccc(C)o1. The Morgan fingerprint density at radius 1 is 1.18 bits per heavy atom. The van der Waals surface area contributed by atoms with Gasteiger partial charge >= 0.3 is 0 Å². The number of nitrogens with zero attached hydrogens (tertiary/aromatic N) is 1. The van der Waals surface area contributed by atoms with Crippen molar-refractivity contribution in [1.29, 1.82) is 0 Å². The molecule has 1 N–H and O–H groups in total. The number of carbonyl (C=O) groups excluding carboxylic acids is 2. The van der Waals surface area contributed by atoms with Crippen molar-refractivity contribution in [2.75, 3.05) is 27.4 Å². The largest absolute Gasteiger partial charge is 0.507 e. The van der Waals surface area contributed by atoms with Crippen molar-refractivity contribution in [2.45, 2.75) is 19.9 Å². The molecule has 1 fully saturated rings. The lowest BCUT2D eigenvalue weighted by molar-refractivity contribution is -0.140. The molecule has 0 bridgehead atoms. The summed E-state index contributed by atoms with van der Waals surface area (Å²) in [6, 6.07) is 7.75. The molecular weight excluding hydrogens is 362 g/mol. The monoisotopic (exact) mass is 385 g/mol. The van der Waals surface area contributed by atoms with Gasteiger partial charge in [-0.1, -0.05) is 0 Å². The van der Waals surface area contributed by atoms with E-state index in [1.807, 2.05) is 0 Å². The summed E-state index contributed by atoms with van der Waals surface area (Å²) in [6.45, 7) is 4.03. The fourth-order valence-corrected chi connectivity index (χ4v) is 3.37. The lowest BCUT2D eigenvalue weighted by atomic mass is 9.97. The quantitative estimate of drug-likeness (QED) is 0.467. The molecule has 7 nitrogen and oxygen atoms in total. The third-order valence-electron chi connectivity index (χ3n) is 4.80. The Labute approximate surface area is 163 Å². The highest BCUT2D eigenvalue weighted by Gasteiger charge is 2.47. The van der Waals surface area contributed by atoms with E-state index in [2.05, 4.69) is 0 Å². The third kappa shape index (κ3) is 3.41. The van der Waals surface area contributed by atoms with E-state index in [1.54, 1.807) is 51.3 Å². The molecule has 28 heavy (non-hydrogen) atoms. The maximum atomic E-state index is 12.8. The number of Topliss-reactive ketones (excluding diaryl/α,β-unsaturated/α-hetero) is 1. The number of carbonyl (C=O) groups is 2. The van der Waals surface area contributed by atoms with Gasteiger partial charge in [0.15, 0.2) is 0 Å². The number of aryl methyl sites for hydroxylation is 2. The van der Waals surface area contributed by atoms with Gasteiger partial charge < -0.3 is 23.9 Å². The highest BCUT2D eigenvalue weighted by molar-refractivity contribution is 6.46. The summed E-state index contributed by atoms with van der Waals surface area (Å²) in [6.07, 6.45) is 0. The molecule has 148 valence electrons. The number of likely N-dealkylation sites (tertiary alicyclic amines) is 1. The van der Waals surface area contributed by atoms with Crippen molar-refractivity contribution >= 4 is 17.4 Å². The molecule has 1 aliphatic heterocycles. The number of hydrogen-bond donors (Lipinski definition) is 1. The van der Waals surface area contributed by atoms with E-state index in [-0.39, 0.29) is 24.5 Å². The molecule has 0 spiro atoms. The number of hydrogen-bond acceptors (Lipinski definition) is 6. The molecule has 2 aromatic rings. The van der Waals surface area contributed by atoms with Crippen LogP contribution in [0, 0.1) is 13.8 Å². The number of aliphatic hydroxyl groups excluding tert-OH is 1. The number of aliphatic hydroxyl groups is 1. The summed E-state index contributed by atoms with van der Waals surface area (Å²) in [5.74, 6) is 0.0189. The van der Waals surface area contributed by atoms with Gasteiger partial charge in [0.1, 0.15) is 29.1 Å². The Morgan fingerprint density at radius 2 is 1.93 bits per heavy atom. The molecule has 1 aliphatic rings. The lowest BCUT2D eigenvalue weighted by Crippen LogP contribution is -2.32. The molecule has 1 aromatic heterocycles. The summed E-state index contributed by atoms with van der Waals surface area (Å²) in [5.41, 5.74) is 1.18. The van der Waals surface area contributed by atoms with E-state index in [1.165, 1.54) is 12.0 Å². The molecule has 2 heterocycles. The molecule has 3 rings (SSSR count). The first-order valence-corrected chi connectivity index (χ1v) is 8.87. The maximum absolute atomic E-state index is 12.8. The summed E-state index contributed by atoms with van der Waals surface area (Å²) in [7, 11) is 3.07. The van der Waals surface area contributed by atoms with Crippen molar-refractivity contribution in [3.05, 3.63) is 58.6 Å². The molecule has 1 atom stereocenters. The van der Waals surface area contributed by atoms with Crippen LogP contribution in [-0.2, 0) is 14.3 Å². The first kappa shape index (κ1) is 19.7. The van der Waals surface area contributed by atoms with Crippen molar-refractivity contribution in [3.63, 3.8) is 0 Å². The molecule has 0 aliphatic carbocycles. The van der Waals surface area contributed by atoms with Crippen molar-refractivity contribution in [2.24, 2.45) is 0 Å². The zero-order valence-corrected chi connectivity index (χ0v) is 16.3. The number of amides is 1. The number of methoxy groups -OCH3 is 2. The van der Waals surface area contributed by atoms with Crippen LogP contribution in [0.25, 0.3) is 5.76 Å². The Hall–Kier alpha value is -3.06. The summed E-state index contributed by atoms with van der Waals surface area (Å²) < 4.78 is 16.0. The Bertz CT molecular complexity index is 942. The third-order valence-corrected chi connectivity index (χ3v) is 4.80. The molecule has 1 unspecified atom stereocenters. The van der Waals surface area contributed by atoms with E-state index < -0.39 is 17.7 Å². The summed E-state index contributed by atoms with van der Waals surface area (Å²) >= 11 is 0. The van der Waals surface area contributed by atoms with Crippen LogP contribution >= 0.6 is 0 Å². The van der Waals surface area contributed by atoms with Crippen LogP contribution in [0.3, 0.4) is 0 Å². The fourth-order valence-electron chi connectivity index (χ4n) is 3.37. The summed E-state index contributed by atoms with van der Waals surface area (Å²) in [5, 5.41) is 11.0. The Morgan fingerprint density at radius 3 is 2.50 bits per heavy atom. The van der Waals surface area contributed by atoms with E-state index in [0.717, 1.165) is 0 Å². The van der Waals surface area contributed by atoms with E-state index in [4.69, 9.17) is 13.9 Å². The lowest BCUT2D eigenvalue weighted by Gasteiger charge is -2.23. The number of benzene rings is 1. The highest BCUT2D eigenvalue weighted by atomic mass is 16.5. The molecule has 7 heteroatoms. The molecular formula is C21H23NO6. The van der Waals surface area contributed by atoms with Gasteiger partial charge in [-0.25, -0.2) is 0 Å².